The summed E-state index contributed by atoms with van der Waals surface area (Å²) in [5, 5.41) is 3.55. The van der Waals surface area contributed by atoms with Crippen molar-refractivity contribution < 1.29 is 0 Å². The van der Waals surface area contributed by atoms with E-state index in [1.165, 1.54) is 45.3 Å². The predicted octanol–water partition coefficient (Wildman–Crippen LogP) is 0.905. The summed E-state index contributed by atoms with van der Waals surface area (Å²) in [6, 6.07) is 3.33. The molecule has 3 fully saturated rings. The summed E-state index contributed by atoms with van der Waals surface area (Å²) < 4.78 is 0. The van der Waals surface area contributed by atoms with Crippen LogP contribution >= 0.6 is 0 Å². The fraction of sp³-hybridized carbons (Fsp3) is 1.00. The molecule has 0 amide bonds. The lowest BCUT2D eigenvalue weighted by Crippen LogP contribution is -2.56. The molecule has 3 atom stereocenters. The smallest absolute Gasteiger partial charge is 0.0167 e. The summed E-state index contributed by atoms with van der Waals surface area (Å²) in [5.41, 5.74) is 0. The molecule has 3 heterocycles. The molecule has 3 aliphatic rings. The van der Waals surface area contributed by atoms with Crippen molar-refractivity contribution in [2.75, 3.05) is 26.7 Å². The van der Waals surface area contributed by atoms with Crippen LogP contribution in [0.25, 0.3) is 0 Å². The first-order valence-corrected chi connectivity index (χ1v) is 6.93. The van der Waals surface area contributed by atoms with Crippen LogP contribution in [0.5, 0.6) is 0 Å². The van der Waals surface area contributed by atoms with Crippen LogP contribution in [0, 0.1) is 0 Å². The van der Waals surface area contributed by atoms with Gasteiger partial charge in [-0.05, 0) is 39.7 Å². The summed E-state index contributed by atoms with van der Waals surface area (Å²) >= 11 is 0. The third kappa shape index (κ3) is 1.89. The Kier molecular flexibility index (Phi) is 2.94. The molecule has 0 aromatic carbocycles. The second-order valence-corrected chi connectivity index (χ2v) is 6.03. The Morgan fingerprint density at radius 1 is 1.06 bits per heavy atom. The number of piperazine rings is 1. The Hall–Kier alpha value is -0.120. The van der Waals surface area contributed by atoms with Gasteiger partial charge in [0.15, 0.2) is 0 Å². The van der Waals surface area contributed by atoms with Crippen LogP contribution < -0.4 is 5.32 Å². The number of hydrogen-bond donors (Lipinski definition) is 1. The first-order chi connectivity index (χ1) is 7.74. The maximum absolute atomic E-state index is 3.55. The summed E-state index contributed by atoms with van der Waals surface area (Å²) in [6.07, 6.45) is 5.72. The standard InChI is InChI=1S/C13H25N3/c1-10-9-16(6-5-14-10)13-7-11-3-4-12(8-13)15(11)2/h10-14H,3-9H2,1-2H3. The summed E-state index contributed by atoms with van der Waals surface area (Å²) in [7, 11) is 2.33. The molecule has 0 radical (unpaired) electrons. The van der Waals surface area contributed by atoms with Crippen LogP contribution in [0.4, 0.5) is 0 Å². The quantitative estimate of drug-likeness (QED) is 0.713. The zero-order chi connectivity index (χ0) is 11.1. The average Bonchev–Trinajstić information content (AvgIpc) is 2.53. The van der Waals surface area contributed by atoms with E-state index in [2.05, 4.69) is 29.1 Å². The van der Waals surface area contributed by atoms with E-state index < -0.39 is 0 Å². The first-order valence-electron chi connectivity index (χ1n) is 6.93. The zero-order valence-electron chi connectivity index (χ0n) is 10.7. The van der Waals surface area contributed by atoms with E-state index >= 15 is 0 Å². The molecule has 0 spiro atoms. The molecule has 3 rings (SSSR count). The van der Waals surface area contributed by atoms with E-state index in [4.69, 9.17) is 0 Å². The predicted molar refractivity (Wildman–Crippen MR) is 66.6 cm³/mol. The molecular formula is C13H25N3. The maximum Gasteiger partial charge on any atom is 0.0167 e. The van der Waals surface area contributed by atoms with Crippen molar-refractivity contribution >= 4 is 0 Å². The molecule has 1 N–H and O–H groups in total. The summed E-state index contributed by atoms with van der Waals surface area (Å²) in [5.74, 6) is 0. The van der Waals surface area contributed by atoms with Gasteiger partial charge >= 0.3 is 0 Å². The number of nitrogens with zero attached hydrogens (tertiary/aromatic N) is 2. The van der Waals surface area contributed by atoms with Crippen molar-refractivity contribution in [3.05, 3.63) is 0 Å². The van der Waals surface area contributed by atoms with Crippen LogP contribution in [0.15, 0.2) is 0 Å². The van der Waals surface area contributed by atoms with E-state index in [1.54, 1.807) is 0 Å². The molecule has 3 aliphatic heterocycles. The Morgan fingerprint density at radius 3 is 2.38 bits per heavy atom. The van der Waals surface area contributed by atoms with Crippen LogP contribution in [0.1, 0.15) is 32.6 Å². The molecular weight excluding hydrogens is 198 g/mol. The molecule has 0 aliphatic carbocycles. The zero-order valence-corrected chi connectivity index (χ0v) is 10.7. The minimum atomic E-state index is 0.686. The van der Waals surface area contributed by atoms with Gasteiger partial charge in [-0.2, -0.15) is 0 Å². The molecule has 16 heavy (non-hydrogen) atoms. The van der Waals surface area contributed by atoms with Gasteiger partial charge in [-0.3, -0.25) is 4.90 Å². The van der Waals surface area contributed by atoms with Gasteiger partial charge in [-0.1, -0.05) is 0 Å². The molecule has 2 bridgehead atoms. The lowest BCUT2D eigenvalue weighted by molar-refractivity contribution is 0.0591. The van der Waals surface area contributed by atoms with E-state index in [-0.39, 0.29) is 0 Å². The molecule has 3 heteroatoms. The van der Waals surface area contributed by atoms with Crippen molar-refractivity contribution in [1.29, 1.82) is 0 Å². The topological polar surface area (TPSA) is 18.5 Å². The highest BCUT2D eigenvalue weighted by Gasteiger charge is 2.40. The number of rotatable bonds is 1. The van der Waals surface area contributed by atoms with Crippen LogP contribution in [0.3, 0.4) is 0 Å². The van der Waals surface area contributed by atoms with Crippen LogP contribution in [0.2, 0.25) is 0 Å². The van der Waals surface area contributed by atoms with E-state index in [1.807, 2.05) is 0 Å². The number of hydrogen-bond acceptors (Lipinski definition) is 3. The first kappa shape index (κ1) is 11.0. The van der Waals surface area contributed by atoms with Gasteiger partial charge in [0, 0.05) is 43.8 Å². The normalized spacial score (nSPS) is 46.1. The van der Waals surface area contributed by atoms with Gasteiger partial charge in [0.05, 0.1) is 0 Å². The van der Waals surface area contributed by atoms with Crippen LogP contribution in [-0.4, -0.2) is 60.6 Å². The van der Waals surface area contributed by atoms with Crippen molar-refractivity contribution in [2.45, 2.75) is 56.8 Å². The highest BCUT2D eigenvalue weighted by atomic mass is 15.3. The fourth-order valence-corrected chi connectivity index (χ4v) is 3.97. The van der Waals surface area contributed by atoms with Crippen molar-refractivity contribution in [2.24, 2.45) is 0 Å². The van der Waals surface area contributed by atoms with Gasteiger partial charge in [-0.25, -0.2) is 0 Å². The number of fused-ring (bicyclic) bond motifs is 2. The molecule has 92 valence electrons. The minimum absolute atomic E-state index is 0.686. The largest absolute Gasteiger partial charge is 0.312 e. The maximum atomic E-state index is 3.55. The Balaban J connectivity index is 1.64. The second-order valence-electron chi connectivity index (χ2n) is 6.03. The third-order valence-electron chi connectivity index (χ3n) is 4.99. The third-order valence-corrected chi connectivity index (χ3v) is 4.99. The van der Waals surface area contributed by atoms with E-state index in [0.717, 1.165) is 18.1 Å². The summed E-state index contributed by atoms with van der Waals surface area (Å²) in [4.78, 5) is 5.39. The lowest BCUT2D eigenvalue weighted by atomic mass is 9.95. The fourth-order valence-electron chi connectivity index (χ4n) is 3.97. The molecule has 3 unspecified atom stereocenters. The molecule has 3 saturated heterocycles. The van der Waals surface area contributed by atoms with Crippen molar-refractivity contribution in [1.82, 2.24) is 15.1 Å². The van der Waals surface area contributed by atoms with Gasteiger partial charge in [0.2, 0.25) is 0 Å². The Morgan fingerprint density at radius 2 is 1.75 bits per heavy atom. The number of piperidine rings is 1. The van der Waals surface area contributed by atoms with Crippen LogP contribution in [-0.2, 0) is 0 Å². The molecule has 0 aromatic heterocycles. The number of nitrogens with one attached hydrogen (secondary N) is 1. The average molecular weight is 223 g/mol. The SMILES string of the molecule is CC1CN(C2CC3CCC(C2)N3C)CCN1. The molecule has 0 aromatic rings. The van der Waals surface area contributed by atoms with Crippen molar-refractivity contribution in [3.8, 4) is 0 Å². The van der Waals surface area contributed by atoms with Gasteiger partial charge in [0.25, 0.3) is 0 Å². The van der Waals surface area contributed by atoms with Crippen molar-refractivity contribution in [3.63, 3.8) is 0 Å². The highest BCUT2D eigenvalue weighted by molar-refractivity contribution is 4.97. The highest BCUT2D eigenvalue weighted by Crippen LogP contribution is 2.36. The van der Waals surface area contributed by atoms with E-state index in [0.29, 0.717) is 6.04 Å². The summed E-state index contributed by atoms with van der Waals surface area (Å²) in [6.45, 7) is 6.02. The lowest BCUT2D eigenvalue weighted by Gasteiger charge is -2.44. The van der Waals surface area contributed by atoms with Gasteiger partial charge in [-0.15, -0.1) is 0 Å². The molecule has 3 nitrogen and oxygen atoms in total. The molecule has 0 saturated carbocycles. The Bertz CT molecular complexity index is 242. The minimum Gasteiger partial charge on any atom is -0.312 e. The van der Waals surface area contributed by atoms with Gasteiger partial charge < -0.3 is 10.2 Å². The second kappa shape index (κ2) is 4.28. The monoisotopic (exact) mass is 223 g/mol. The van der Waals surface area contributed by atoms with Gasteiger partial charge in [0.1, 0.15) is 0 Å². The van der Waals surface area contributed by atoms with E-state index in [9.17, 15) is 0 Å². The Labute approximate surface area is 99.2 Å².